The van der Waals surface area contributed by atoms with E-state index < -0.39 is 0 Å². The quantitative estimate of drug-likeness (QED) is 0.693. The topological polar surface area (TPSA) is 57.4 Å². The van der Waals surface area contributed by atoms with Gasteiger partial charge in [0.05, 0.1) is 18.9 Å². The largest absolute Gasteiger partial charge is 0.397 e. The van der Waals surface area contributed by atoms with E-state index in [9.17, 15) is 0 Å². The number of rotatable bonds is 1. The van der Waals surface area contributed by atoms with Crippen LogP contribution in [0.1, 0.15) is 11.5 Å². The lowest BCUT2D eigenvalue weighted by Gasteiger charge is -2.22. The number of pyridine rings is 1. The Morgan fingerprint density at radius 2 is 2.08 bits per heavy atom. The number of aromatic nitrogens is 1. The van der Waals surface area contributed by atoms with Crippen LogP contribution in [-0.4, -0.2) is 25.0 Å². The van der Waals surface area contributed by atoms with Gasteiger partial charge in [-0.05, 0) is 11.6 Å². The Bertz CT molecular complexity index is 285. The molecule has 0 aliphatic carbocycles. The summed E-state index contributed by atoms with van der Waals surface area (Å²) >= 11 is 0. The highest BCUT2D eigenvalue weighted by atomic mass is 16.7. The van der Waals surface area contributed by atoms with Gasteiger partial charge >= 0.3 is 0 Å². The summed E-state index contributed by atoms with van der Waals surface area (Å²) in [5, 5.41) is 0. The van der Waals surface area contributed by atoms with E-state index in [4.69, 9.17) is 15.2 Å². The number of hydrogen-bond acceptors (Lipinski definition) is 4. The zero-order valence-electron chi connectivity index (χ0n) is 7.27. The fourth-order valence-corrected chi connectivity index (χ4v) is 1.38. The van der Waals surface area contributed by atoms with E-state index in [0.717, 1.165) is 5.56 Å². The molecule has 70 valence electrons. The van der Waals surface area contributed by atoms with Crippen molar-refractivity contribution in [2.24, 2.45) is 0 Å². The number of hydrogen-bond donors (Lipinski definition) is 1. The van der Waals surface area contributed by atoms with Gasteiger partial charge in [0.2, 0.25) is 0 Å². The fourth-order valence-electron chi connectivity index (χ4n) is 1.38. The summed E-state index contributed by atoms with van der Waals surface area (Å²) in [5.74, 6) is 0.268. The van der Waals surface area contributed by atoms with Crippen LogP contribution in [0.25, 0.3) is 0 Å². The Morgan fingerprint density at radius 3 is 2.77 bits per heavy atom. The van der Waals surface area contributed by atoms with E-state index in [-0.39, 0.29) is 5.92 Å². The molecule has 1 aliphatic heterocycles. The van der Waals surface area contributed by atoms with Crippen molar-refractivity contribution in [3.05, 3.63) is 24.0 Å². The van der Waals surface area contributed by atoms with Gasteiger partial charge in [0.1, 0.15) is 6.79 Å². The van der Waals surface area contributed by atoms with E-state index in [1.807, 2.05) is 6.07 Å². The van der Waals surface area contributed by atoms with Crippen LogP contribution in [0.5, 0.6) is 0 Å². The van der Waals surface area contributed by atoms with Crippen LogP contribution in [0.3, 0.4) is 0 Å². The highest BCUT2D eigenvalue weighted by molar-refractivity contribution is 5.38. The lowest BCUT2D eigenvalue weighted by atomic mass is 10.0. The molecule has 0 bridgehead atoms. The van der Waals surface area contributed by atoms with Crippen LogP contribution in [0, 0.1) is 0 Å². The molecule has 2 rings (SSSR count). The molecule has 0 aromatic carbocycles. The van der Waals surface area contributed by atoms with Crippen LogP contribution in [0.4, 0.5) is 5.69 Å². The number of nitrogens with zero attached hydrogens (tertiary/aromatic N) is 1. The molecule has 4 heteroatoms. The zero-order chi connectivity index (χ0) is 9.10. The zero-order valence-corrected chi connectivity index (χ0v) is 7.27. The summed E-state index contributed by atoms with van der Waals surface area (Å²) < 4.78 is 10.4. The summed E-state index contributed by atoms with van der Waals surface area (Å²) in [4.78, 5) is 4.02. The summed E-state index contributed by atoms with van der Waals surface area (Å²) in [6.07, 6.45) is 3.44. The van der Waals surface area contributed by atoms with Gasteiger partial charge in [-0.25, -0.2) is 0 Å². The Balaban J connectivity index is 2.14. The van der Waals surface area contributed by atoms with E-state index >= 15 is 0 Å². The van der Waals surface area contributed by atoms with Gasteiger partial charge in [-0.2, -0.15) is 0 Å². The summed E-state index contributed by atoms with van der Waals surface area (Å²) in [5.41, 5.74) is 7.39. The molecule has 0 saturated carbocycles. The van der Waals surface area contributed by atoms with Crippen LogP contribution >= 0.6 is 0 Å². The van der Waals surface area contributed by atoms with Crippen molar-refractivity contribution in [3.8, 4) is 0 Å². The molecule has 2 heterocycles. The van der Waals surface area contributed by atoms with Crippen molar-refractivity contribution in [1.29, 1.82) is 0 Å². The first kappa shape index (κ1) is 8.47. The summed E-state index contributed by atoms with van der Waals surface area (Å²) in [6.45, 7) is 1.77. The molecule has 0 spiro atoms. The highest BCUT2D eigenvalue weighted by Gasteiger charge is 2.16. The third kappa shape index (κ3) is 1.96. The third-order valence-corrected chi connectivity index (χ3v) is 2.06. The minimum absolute atomic E-state index is 0.268. The van der Waals surface area contributed by atoms with Crippen molar-refractivity contribution in [2.75, 3.05) is 25.7 Å². The molecule has 1 saturated heterocycles. The van der Waals surface area contributed by atoms with Crippen LogP contribution < -0.4 is 5.73 Å². The Morgan fingerprint density at radius 1 is 1.31 bits per heavy atom. The predicted molar refractivity (Wildman–Crippen MR) is 48.2 cm³/mol. The molecule has 13 heavy (non-hydrogen) atoms. The van der Waals surface area contributed by atoms with E-state index in [1.165, 1.54) is 0 Å². The highest BCUT2D eigenvalue weighted by Crippen LogP contribution is 2.20. The summed E-state index contributed by atoms with van der Waals surface area (Å²) in [6, 6.07) is 1.91. The van der Waals surface area contributed by atoms with Crippen molar-refractivity contribution in [2.45, 2.75) is 5.92 Å². The minimum atomic E-state index is 0.268. The van der Waals surface area contributed by atoms with Gasteiger partial charge < -0.3 is 15.2 Å². The predicted octanol–water partition coefficient (Wildman–Crippen LogP) is 0.752. The Hall–Kier alpha value is -1.13. The van der Waals surface area contributed by atoms with Gasteiger partial charge in [0.15, 0.2) is 0 Å². The second-order valence-electron chi connectivity index (χ2n) is 3.11. The smallest absolute Gasteiger partial charge is 0.146 e. The van der Waals surface area contributed by atoms with Gasteiger partial charge in [-0.3, -0.25) is 4.98 Å². The molecule has 0 amide bonds. The normalized spacial score (nSPS) is 18.8. The molecule has 1 fully saturated rings. The second-order valence-corrected chi connectivity index (χ2v) is 3.11. The molecular weight excluding hydrogens is 168 g/mol. The third-order valence-electron chi connectivity index (χ3n) is 2.06. The summed E-state index contributed by atoms with van der Waals surface area (Å²) in [7, 11) is 0. The standard InChI is InChI=1S/C9H12N2O2/c10-9-1-7(2-11-3-9)8-4-12-6-13-5-8/h1-3,8H,4-6,10H2. The molecule has 4 nitrogen and oxygen atoms in total. The van der Waals surface area contributed by atoms with Crippen molar-refractivity contribution >= 4 is 5.69 Å². The van der Waals surface area contributed by atoms with Gasteiger partial charge in [0, 0.05) is 18.3 Å². The fraction of sp³-hybridized carbons (Fsp3) is 0.444. The molecule has 1 aromatic heterocycles. The van der Waals surface area contributed by atoms with Crippen LogP contribution in [0.15, 0.2) is 18.5 Å². The first-order valence-corrected chi connectivity index (χ1v) is 4.22. The second kappa shape index (κ2) is 3.72. The average Bonchev–Trinajstić information content (AvgIpc) is 2.19. The molecule has 1 aromatic rings. The maximum absolute atomic E-state index is 5.62. The number of anilines is 1. The molecule has 1 aliphatic rings. The lowest BCUT2D eigenvalue weighted by Crippen LogP contribution is -2.22. The first-order valence-electron chi connectivity index (χ1n) is 4.22. The molecule has 0 unspecified atom stereocenters. The Labute approximate surface area is 76.7 Å². The average molecular weight is 180 g/mol. The van der Waals surface area contributed by atoms with Crippen LogP contribution in [-0.2, 0) is 9.47 Å². The maximum Gasteiger partial charge on any atom is 0.146 e. The van der Waals surface area contributed by atoms with Crippen molar-refractivity contribution < 1.29 is 9.47 Å². The number of nitrogen functional groups attached to an aromatic ring is 1. The van der Waals surface area contributed by atoms with Crippen molar-refractivity contribution in [3.63, 3.8) is 0 Å². The number of ether oxygens (including phenoxy) is 2. The molecule has 0 radical (unpaired) electrons. The van der Waals surface area contributed by atoms with Crippen LogP contribution in [0.2, 0.25) is 0 Å². The van der Waals surface area contributed by atoms with E-state index in [1.54, 1.807) is 12.4 Å². The molecule has 0 atom stereocenters. The monoisotopic (exact) mass is 180 g/mol. The molecular formula is C9H12N2O2. The van der Waals surface area contributed by atoms with E-state index in [2.05, 4.69) is 4.98 Å². The van der Waals surface area contributed by atoms with Crippen molar-refractivity contribution in [1.82, 2.24) is 4.98 Å². The van der Waals surface area contributed by atoms with Gasteiger partial charge in [0.25, 0.3) is 0 Å². The Kier molecular flexibility index (Phi) is 2.42. The SMILES string of the molecule is Nc1cncc(C2COCOC2)c1. The minimum Gasteiger partial charge on any atom is -0.397 e. The lowest BCUT2D eigenvalue weighted by molar-refractivity contribution is -0.108. The van der Waals surface area contributed by atoms with E-state index in [0.29, 0.717) is 25.7 Å². The van der Waals surface area contributed by atoms with Gasteiger partial charge in [-0.15, -0.1) is 0 Å². The maximum atomic E-state index is 5.62. The molecule has 2 N–H and O–H groups in total. The first-order chi connectivity index (χ1) is 6.36. The number of nitrogens with two attached hydrogens (primary N) is 1. The van der Waals surface area contributed by atoms with Gasteiger partial charge in [-0.1, -0.05) is 0 Å².